The molecular formula is C16H21NO3. The summed E-state index contributed by atoms with van der Waals surface area (Å²) in [5.41, 5.74) is 1.64. The molecule has 0 aliphatic rings. The number of amides is 1. The summed E-state index contributed by atoms with van der Waals surface area (Å²) in [6.07, 6.45) is 5.51. The molecule has 4 nitrogen and oxygen atoms in total. The second kappa shape index (κ2) is 8.91. The van der Waals surface area contributed by atoms with Crippen molar-refractivity contribution in [1.29, 1.82) is 0 Å². The van der Waals surface area contributed by atoms with Gasteiger partial charge in [-0.1, -0.05) is 25.5 Å². The van der Waals surface area contributed by atoms with E-state index in [0.717, 1.165) is 24.1 Å². The lowest BCUT2D eigenvalue weighted by Crippen LogP contribution is -2.10. The van der Waals surface area contributed by atoms with E-state index >= 15 is 0 Å². The maximum atomic E-state index is 11.6. The zero-order valence-corrected chi connectivity index (χ0v) is 12.0. The van der Waals surface area contributed by atoms with Gasteiger partial charge in [0.2, 0.25) is 5.91 Å². The molecule has 108 valence electrons. The Kier molecular flexibility index (Phi) is 7.11. The van der Waals surface area contributed by atoms with Gasteiger partial charge >= 0.3 is 5.97 Å². The Labute approximate surface area is 119 Å². The highest BCUT2D eigenvalue weighted by molar-refractivity contribution is 5.91. The van der Waals surface area contributed by atoms with Gasteiger partial charge in [-0.05, 0) is 37.1 Å². The quantitative estimate of drug-likeness (QED) is 0.613. The smallest absolute Gasteiger partial charge is 0.330 e. The lowest BCUT2D eigenvalue weighted by atomic mass is 10.2. The minimum Gasteiger partial charge on any atom is -0.463 e. The molecule has 0 saturated carbocycles. The Morgan fingerprint density at radius 3 is 2.50 bits per heavy atom. The molecule has 0 aromatic heterocycles. The number of hydrogen-bond acceptors (Lipinski definition) is 3. The van der Waals surface area contributed by atoms with Crippen molar-refractivity contribution >= 4 is 23.6 Å². The highest BCUT2D eigenvalue weighted by Crippen LogP contribution is 2.11. The van der Waals surface area contributed by atoms with E-state index in [4.69, 9.17) is 4.74 Å². The maximum Gasteiger partial charge on any atom is 0.330 e. The topological polar surface area (TPSA) is 55.4 Å². The van der Waals surface area contributed by atoms with E-state index in [1.165, 1.54) is 6.08 Å². The van der Waals surface area contributed by atoms with Crippen molar-refractivity contribution in [3.8, 4) is 0 Å². The van der Waals surface area contributed by atoms with E-state index in [-0.39, 0.29) is 11.9 Å². The van der Waals surface area contributed by atoms with Crippen LogP contribution in [0.4, 0.5) is 5.69 Å². The first kappa shape index (κ1) is 16.0. The number of carbonyl (C=O) groups excluding carboxylic acids is 2. The molecule has 0 fully saturated rings. The number of carbonyl (C=O) groups is 2. The van der Waals surface area contributed by atoms with Crippen molar-refractivity contribution in [2.24, 2.45) is 0 Å². The summed E-state index contributed by atoms with van der Waals surface area (Å²) in [6, 6.07) is 7.31. The molecule has 0 spiro atoms. The van der Waals surface area contributed by atoms with Crippen LogP contribution in [0, 0.1) is 0 Å². The number of anilines is 1. The summed E-state index contributed by atoms with van der Waals surface area (Å²) in [4.78, 5) is 22.7. The Morgan fingerprint density at radius 2 is 1.90 bits per heavy atom. The van der Waals surface area contributed by atoms with E-state index in [1.54, 1.807) is 13.0 Å². The SMILES string of the molecule is CCCCC(=O)Nc1ccc(/C=C/C(=O)OCC)cc1. The monoisotopic (exact) mass is 275 g/mol. The molecule has 1 aromatic rings. The minimum absolute atomic E-state index is 0.0293. The van der Waals surface area contributed by atoms with Crippen molar-refractivity contribution in [3.05, 3.63) is 35.9 Å². The standard InChI is InChI=1S/C16H21NO3/c1-3-5-6-15(18)17-14-10-7-13(8-11-14)9-12-16(19)20-4-2/h7-12H,3-6H2,1-2H3,(H,17,18)/b12-9+. The fourth-order valence-electron chi connectivity index (χ4n) is 1.59. The third-order valence-corrected chi connectivity index (χ3v) is 2.65. The lowest BCUT2D eigenvalue weighted by Gasteiger charge is -2.04. The molecule has 1 amide bonds. The summed E-state index contributed by atoms with van der Waals surface area (Å²) in [5, 5.41) is 2.83. The molecule has 0 radical (unpaired) electrons. The third-order valence-electron chi connectivity index (χ3n) is 2.65. The van der Waals surface area contributed by atoms with Crippen LogP contribution in [0.5, 0.6) is 0 Å². The zero-order chi connectivity index (χ0) is 14.8. The normalized spacial score (nSPS) is 10.5. The van der Waals surface area contributed by atoms with Crippen LogP contribution in [0.25, 0.3) is 6.08 Å². The second-order valence-electron chi connectivity index (χ2n) is 4.36. The van der Waals surface area contributed by atoms with Gasteiger partial charge in [-0.25, -0.2) is 4.79 Å². The lowest BCUT2D eigenvalue weighted by molar-refractivity contribution is -0.137. The van der Waals surface area contributed by atoms with Gasteiger partial charge in [-0.3, -0.25) is 4.79 Å². The van der Waals surface area contributed by atoms with Crippen LogP contribution in [0.2, 0.25) is 0 Å². The molecule has 1 rings (SSSR count). The van der Waals surface area contributed by atoms with Crippen molar-refractivity contribution in [2.75, 3.05) is 11.9 Å². The van der Waals surface area contributed by atoms with E-state index in [9.17, 15) is 9.59 Å². The van der Waals surface area contributed by atoms with Crippen LogP contribution in [-0.2, 0) is 14.3 Å². The van der Waals surface area contributed by atoms with Gasteiger partial charge < -0.3 is 10.1 Å². The molecule has 0 bridgehead atoms. The fourth-order valence-corrected chi connectivity index (χ4v) is 1.59. The molecule has 0 saturated heterocycles. The first-order valence-electron chi connectivity index (χ1n) is 6.90. The molecule has 20 heavy (non-hydrogen) atoms. The van der Waals surface area contributed by atoms with Crippen molar-refractivity contribution in [2.45, 2.75) is 33.1 Å². The van der Waals surface area contributed by atoms with Gasteiger partial charge in [0.25, 0.3) is 0 Å². The molecule has 4 heteroatoms. The predicted molar refractivity (Wildman–Crippen MR) is 80.3 cm³/mol. The Balaban J connectivity index is 2.51. The van der Waals surface area contributed by atoms with Gasteiger partial charge in [0.15, 0.2) is 0 Å². The largest absolute Gasteiger partial charge is 0.463 e. The number of hydrogen-bond donors (Lipinski definition) is 1. The van der Waals surface area contributed by atoms with Crippen molar-refractivity contribution in [1.82, 2.24) is 0 Å². The van der Waals surface area contributed by atoms with Gasteiger partial charge in [-0.2, -0.15) is 0 Å². The number of rotatable bonds is 7. The van der Waals surface area contributed by atoms with E-state index in [1.807, 2.05) is 24.3 Å². The summed E-state index contributed by atoms with van der Waals surface area (Å²) in [5.74, 6) is -0.328. The van der Waals surface area contributed by atoms with Crippen LogP contribution < -0.4 is 5.32 Å². The van der Waals surface area contributed by atoms with Crippen molar-refractivity contribution < 1.29 is 14.3 Å². The summed E-state index contributed by atoms with van der Waals surface area (Å²) >= 11 is 0. The number of nitrogens with one attached hydrogen (secondary N) is 1. The molecule has 0 aliphatic heterocycles. The van der Waals surface area contributed by atoms with Crippen molar-refractivity contribution in [3.63, 3.8) is 0 Å². The highest BCUT2D eigenvalue weighted by Gasteiger charge is 2.01. The van der Waals surface area contributed by atoms with Crippen LogP contribution in [0.3, 0.4) is 0 Å². The third kappa shape index (κ3) is 6.18. The van der Waals surface area contributed by atoms with E-state index < -0.39 is 0 Å². The number of unbranched alkanes of at least 4 members (excludes halogenated alkanes) is 1. The first-order chi connectivity index (χ1) is 9.65. The molecule has 0 heterocycles. The van der Waals surface area contributed by atoms with Gasteiger partial charge in [-0.15, -0.1) is 0 Å². The average molecular weight is 275 g/mol. The molecule has 0 unspecified atom stereocenters. The van der Waals surface area contributed by atoms with Crippen LogP contribution in [0.1, 0.15) is 38.7 Å². The van der Waals surface area contributed by atoms with Crippen LogP contribution >= 0.6 is 0 Å². The highest BCUT2D eigenvalue weighted by atomic mass is 16.5. The Morgan fingerprint density at radius 1 is 1.20 bits per heavy atom. The minimum atomic E-state index is -0.357. The fraction of sp³-hybridized carbons (Fsp3) is 0.375. The number of benzene rings is 1. The van der Waals surface area contributed by atoms with Gasteiger partial charge in [0, 0.05) is 18.2 Å². The predicted octanol–water partition coefficient (Wildman–Crippen LogP) is 3.39. The van der Waals surface area contributed by atoms with Crippen LogP contribution in [0.15, 0.2) is 30.3 Å². The van der Waals surface area contributed by atoms with E-state index in [0.29, 0.717) is 13.0 Å². The summed E-state index contributed by atoms with van der Waals surface area (Å²) in [6.45, 7) is 4.19. The molecule has 1 N–H and O–H groups in total. The van der Waals surface area contributed by atoms with Crippen LogP contribution in [-0.4, -0.2) is 18.5 Å². The Hall–Kier alpha value is -2.10. The molecule has 1 aromatic carbocycles. The molecule has 0 aliphatic carbocycles. The average Bonchev–Trinajstić information content (AvgIpc) is 2.45. The first-order valence-corrected chi connectivity index (χ1v) is 6.90. The zero-order valence-electron chi connectivity index (χ0n) is 12.0. The van der Waals surface area contributed by atoms with Gasteiger partial charge in [0.1, 0.15) is 0 Å². The number of esters is 1. The summed E-state index contributed by atoms with van der Waals surface area (Å²) < 4.78 is 4.79. The second-order valence-corrected chi connectivity index (χ2v) is 4.36. The Bertz CT molecular complexity index is 463. The van der Waals surface area contributed by atoms with E-state index in [2.05, 4.69) is 12.2 Å². The summed E-state index contributed by atoms with van der Waals surface area (Å²) in [7, 11) is 0. The molecular weight excluding hydrogens is 254 g/mol. The molecule has 0 atom stereocenters. The van der Waals surface area contributed by atoms with Gasteiger partial charge in [0.05, 0.1) is 6.61 Å². The maximum absolute atomic E-state index is 11.6. The number of ether oxygens (including phenoxy) is 1.